The van der Waals surface area contributed by atoms with E-state index in [1.165, 1.54) is 0 Å². The van der Waals surface area contributed by atoms with Gasteiger partial charge in [0.2, 0.25) is 0 Å². The monoisotopic (exact) mass is 439 g/mol. The number of piperidine rings is 1. The molecule has 2 aromatic heterocycles. The van der Waals surface area contributed by atoms with Crippen molar-refractivity contribution in [2.75, 3.05) is 24.7 Å². The fourth-order valence-corrected chi connectivity index (χ4v) is 5.10. The van der Waals surface area contributed by atoms with Crippen LogP contribution in [0.3, 0.4) is 0 Å². The molecule has 1 aromatic carbocycles. The van der Waals surface area contributed by atoms with E-state index in [9.17, 15) is 4.39 Å². The molecule has 8 heteroatoms. The molecule has 0 radical (unpaired) electrons. The molecule has 0 bridgehead atoms. The second-order valence-electron chi connectivity index (χ2n) is 9.22. The number of fused-ring (bicyclic) bond motifs is 1. The number of hydrogen-bond donors (Lipinski definition) is 1. The normalized spacial score (nSPS) is 23.9. The predicted molar refractivity (Wildman–Crippen MR) is 121 cm³/mol. The molecule has 0 amide bonds. The zero-order valence-electron chi connectivity index (χ0n) is 19.1. The van der Waals surface area contributed by atoms with Crippen molar-refractivity contribution < 1.29 is 13.7 Å². The quantitative estimate of drug-likeness (QED) is 0.656. The van der Waals surface area contributed by atoms with Crippen LogP contribution < -0.4 is 10.2 Å². The molecule has 2 aliphatic rings. The Bertz CT molecular complexity index is 1140. The summed E-state index contributed by atoms with van der Waals surface area (Å²) in [4.78, 5) is 11.6. The summed E-state index contributed by atoms with van der Waals surface area (Å²) < 4.78 is 26.0. The van der Waals surface area contributed by atoms with E-state index in [0.29, 0.717) is 29.3 Å². The van der Waals surface area contributed by atoms with Crippen LogP contribution in [0, 0.1) is 26.6 Å². The van der Waals surface area contributed by atoms with E-state index in [4.69, 9.17) is 14.2 Å². The summed E-state index contributed by atoms with van der Waals surface area (Å²) in [6.45, 7) is 10.3. The summed E-state index contributed by atoms with van der Waals surface area (Å²) in [5.74, 6) is 1.41. The Kier molecular flexibility index (Phi) is 5.59. The Morgan fingerprint density at radius 2 is 1.97 bits per heavy atom. The van der Waals surface area contributed by atoms with Crippen molar-refractivity contribution in [2.45, 2.75) is 65.1 Å². The Morgan fingerprint density at radius 1 is 1.12 bits per heavy atom. The SMILES string of the molecule is Cc1cc(F)c2nc(N3CCC(NC4CCOC4)C[C@H]3C)c(-c3nc(C)no3)c(C)c2c1. The van der Waals surface area contributed by atoms with Crippen molar-refractivity contribution in [3.63, 3.8) is 0 Å². The molecule has 2 saturated heterocycles. The van der Waals surface area contributed by atoms with Gasteiger partial charge in [0.05, 0.1) is 12.2 Å². The first-order chi connectivity index (χ1) is 15.4. The number of pyridine rings is 1. The lowest BCUT2D eigenvalue weighted by molar-refractivity contribution is 0.185. The van der Waals surface area contributed by atoms with Crippen LogP contribution in [0.15, 0.2) is 16.7 Å². The fourth-order valence-electron chi connectivity index (χ4n) is 5.10. The minimum Gasteiger partial charge on any atom is -0.380 e. The highest BCUT2D eigenvalue weighted by Crippen LogP contribution is 2.39. The predicted octanol–water partition coefficient (Wildman–Crippen LogP) is 4.08. The Hall–Kier alpha value is -2.58. The highest BCUT2D eigenvalue weighted by Gasteiger charge is 2.32. The van der Waals surface area contributed by atoms with E-state index in [1.807, 2.05) is 19.9 Å². The average Bonchev–Trinajstić information content (AvgIpc) is 3.40. The second kappa shape index (κ2) is 8.41. The second-order valence-corrected chi connectivity index (χ2v) is 9.22. The number of aryl methyl sites for hydroxylation is 3. The summed E-state index contributed by atoms with van der Waals surface area (Å²) in [5.41, 5.74) is 2.95. The zero-order chi connectivity index (χ0) is 22.4. The summed E-state index contributed by atoms with van der Waals surface area (Å²) in [6.07, 6.45) is 3.03. The van der Waals surface area contributed by atoms with Gasteiger partial charge in [-0.1, -0.05) is 5.16 Å². The van der Waals surface area contributed by atoms with Crippen molar-refractivity contribution in [1.82, 2.24) is 20.4 Å². The van der Waals surface area contributed by atoms with Gasteiger partial charge in [0.15, 0.2) is 5.82 Å². The van der Waals surface area contributed by atoms with Crippen LogP contribution in [-0.4, -0.2) is 53.0 Å². The largest absolute Gasteiger partial charge is 0.380 e. The molecule has 2 unspecified atom stereocenters. The number of ether oxygens (including phenoxy) is 1. The zero-order valence-corrected chi connectivity index (χ0v) is 19.1. The average molecular weight is 440 g/mol. The Morgan fingerprint density at radius 3 is 2.66 bits per heavy atom. The topological polar surface area (TPSA) is 76.3 Å². The van der Waals surface area contributed by atoms with Crippen LogP contribution in [0.25, 0.3) is 22.4 Å². The molecular weight excluding hydrogens is 409 g/mol. The molecule has 170 valence electrons. The maximum absolute atomic E-state index is 14.9. The molecule has 4 heterocycles. The maximum Gasteiger partial charge on any atom is 0.261 e. The van der Waals surface area contributed by atoms with Crippen LogP contribution >= 0.6 is 0 Å². The van der Waals surface area contributed by atoms with Crippen LogP contribution in [0.1, 0.15) is 43.1 Å². The number of halogens is 1. The van der Waals surface area contributed by atoms with Gasteiger partial charge in [-0.15, -0.1) is 0 Å². The van der Waals surface area contributed by atoms with E-state index < -0.39 is 0 Å². The number of aromatic nitrogens is 3. The van der Waals surface area contributed by atoms with E-state index in [0.717, 1.165) is 66.9 Å². The lowest BCUT2D eigenvalue weighted by Crippen LogP contribution is -2.50. The van der Waals surface area contributed by atoms with E-state index in [2.05, 4.69) is 27.3 Å². The first-order valence-electron chi connectivity index (χ1n) is 11.4. The molecular formula is C24H30FN5O2. The molecule has 5 rings (SSSR count). The maximum atomic E-state index is 14.9. The molecule has 3 atom stereocenters. The number of nitrogens with one attached hydrogen (secondary N) is 1. The summed E-state index contributed by atoms with van der Waals surface area (Å²) >= 11 is 0. The van der Waals surface area contributed by atoms with Gasteiger partial charge < -0.3 is 19.5 Å². The number of rotatable bonds is 4. The molecule has 1 N–H and O–H groups in total. The van der Waals surface area contributed by atoms with Crippen LogP contribution in [0.4, 0.5) is 10.2 Å². The minimum absolute atomic E-state index is 0.226. The van der Waals surface area contributed by atoms with Gasteiger partial charge in [-0.05, 0) is 70.2 Å². The molecule has 2 fully saturated rings. The summed E-state index contributed by atoms with van der Waals surface area (Å²) in [5, 5.41) is 8.53. The van der Waals surface area contributed by atoms with Gasteiger partial charge >= 0.3 is 0 Å². The van der Waals surface area contributed by atoms with E-state index in [-0.39, 0.29) is 11.9 Å². The highest BCUT2D eigenvalue weighted by atomic mass is 19.1. The van der Waals surface area contributed by atoms with Gasteiger partial charge in [0, 0.05) is 36.7 Å². The van der Waals surface area contributed by atoms with Crippen LogP contribution in [0.2, 0.25) is 0 Å². The Balaban J connectivity index is 1.55. The smallest absolute Gasteiger partial charge is 0.261 e. The molecule has 0 aliphatic carbocycles. The highest BCUT2D eigenvalue weighted by molar-refractivity contribution is 5.93. The number of hydrogen-bond acceptors (Lipinski definition) is 7. The summed E-state index contributed by atoms with van der Waals surface area (Å²) in [7, 11) is 0. The lowest BCUT2D eigenvalue weighted by atomic mass is 9.95. The first-order valence-corrected chi connectivity index (χ1v) is 11.4. The van der Waals surface area contributed by atoms with E-state index in [1.54, 1.807) is 13.0 Å². The minimum atomic E-state index is -0.303. The van der Waals surface area contributed by atoms with Gasteiger partial charge in [-0.2, -0.15) is 4.98 Å². The van der Waals surface area contributed by atoms with Gasteiger partial charge in [-0.3, -0.25) is 0 Å². The fraction of sp³-hybridized carbons (Fsp3) is 0.542. The molecule has 0 spiro atoms. The molecule has 7 nitrogen and oxygen atoms in total. The van der Waals surface area contributed by atoms with Crippen molar-refractivity contribution in [3.05, 3.63) is 34.9 Å². The van der Waals surface area contributed by atoms with Crippen molar-refractivity contribution in [3.8, 4) is 11.5 Å². The summed E-state index contributed by atoms with van der Waals surface area (Å²) in [6, 6.07) is 4.61. The van der Waals surface area contributed by atoms with Gasteiger partial charge in [0.25, 0.3) is 5.89 Å². The van der Waals surface area contributed by atoms with Gasteiger partial charge in [0.1, 0.15) is 17.2 Å². The lowest BCUT2D eigenvalue weighted by Gasteiger charge is -2.40. The van der Waals surface area contributed by atoms with Crippen LogP contribution in [0.5, 0.6) is 0 Å². The third kappa shape index (κ3) is 3.86. The van der Waals surface area contributed by atoms with Crippen molar-refractivity contribution in [1.29, 1.82) is 0 Å². The molecule has 0 saturated carbocycles. The third-order valence-corrected chi connectivity index (χ3v) is 6.72. The molecule has 32 heavy (non-hydrogen) atoms. The van der Waals surface area contributed by atoms with Crippen molar-refractivity contribution >= 4 is 16.7 Å². The molecule has 2 aliphatic heterocycles. The number of benzene rings is 1. The first kappa shape index (κ1) is 21.3. The molecule has 3 aromatic rings. The van der Waals surface area contributed by atoms with Crippen molar-refractivity contribution in [2.24, 2.45) is 0 Å². The van der Waals surface area contributed by atoms with E-state index >= 15 is 0 Å². The number of nitrogens with zero attached hydrogens (tertiary/aromatic N) is 4. The number of anilines is 1. The van der Waals surface area contributed by atoms with Gasteiger partial charge in [-0.25, -0.2) is 9.37 Å². The van der Waals surface area contributed by atoms with Crippen LogP contribution in [-0.2, 0) is 4.74 Å². The third-order valence-electron chi connectivity index (χ3n) is 6.72. The standard InChI is InChI=1S/C24H30FN5O2/c1-13-9-19-15(3)21(24-26-16(4)29-32-24)23(28-22(19)20(25)10-13)30-7-5-17(11-14(30)2)27-18-6-8-31-12-18/h9-10,14,17-18,27H,5-8,11-12H2,1-4H3/t14-,17?,18?/m1/s1. The Labute approximate surface area is 187 Å².